The molecule has 0 bridgehead atoms. The van der Waals surface area contributed by atoms with Crippen molar-refractivity contribution >= 4 is 28.4 Å². The van der Waals surface area contributed by atoms with Gasteiger partial charge in [0.25, 0.3) is 0 Å². The highest BCUT2D eigenvalue weighted by molar-refractivity contribution is 6.04. The van der Waals surface area contributed by atoms with Crippen molar-refractivity contribution in [2.75, 3.05) is 10.6 Å². The first-order valence-electron chi connectivity index (χ1n) is 8.11. The van der Waals surface area contributed by atoms with Crippen LogP contribution in [0.15, 0.2) is 53.3 Å². The Morgan fingerprint density at radius 1 is 1.08 bits per heavy atom. The Hall–Kier alpha value is -3.15. The zero-order chi connectivity index (χ0) is 18.0. The number of urea groups is 1. The van der Waals surface area contributed by atoms with Gasteiger partial charge in [-0.25, -0.2) is 9.59 Å². The molecule has 0 radical (unpaired) electrons. The minimum atomic E-state index is -0.407. The Labute approximate surface area is 145 Å². The molecule has 0 saturated heterocycles. The summed E-state index contributed by atoms with van der Waals surface area (Å²) in [6.45, 7) is 5.71. The van der Waals surface area contributed by atoms with E-state index in [1.807, 2.05) is 63.2 Å². The zero-order valence-electron chi connectivity index (χ0n) is 14.4. The van der Waals surface area contributed by atoms with E-state index in [1.165, 1.54) is 4.57 Å². The van der Waals surface area contributed by atoms with E-state index in [4.69, 9.17) is 0 Å². The van der Waals surface area contributed by atoms with Crippen LogP contribution in [0.5, 0.6) is 0 Å². The van der Waals surface area contributed by atoms with Crippen LogP contribution in [0.3, 0.4) is 0 Å². The number of amides is 2. The lowest BCUT2D eigenvalue weighted by Crippen LogP contribution is -2.30. The standard InChI is InChI=1S/C19H20N4O2/c1-12(2)23-17(15-9-4-5-10-16(15)21-19(23)25)22-18(24)20-14-8-6-7-13(3)11-14/h4-12H,1-3H3,(H2,20,22,24). The summed E-state index contributed by atoms with van der Waals surface area (Å²) in [4.78, 5) is 28.9. The van der Waals surface area contributed by atoms with Gasteiger partial charge in [-0.2, -0.15) is 4.98 Å². The highest BCUT2D eigenvalue weighted by Crippen LogP contribution is 2.23. The van der Waals surface area contributed by atoms with Gasteiger partial charge in [0.05, 0.1) is 5.52 Å². The predicted octanol–water partition coefficient (Wildman–Crippen LogP) is 3.93. The largest absolute Gasteiger partial charge is 0.349 e. The molecule has 0 aliphatic rings. The number of benzene rings is 2. The number of anilines is 2. The third-order valence-corrected chi connectivity index (χ3v) is 3.85. The first-order valence-corrected chi connectivity index (χ1v) is 8.11. The Balaban J connectivity index is 2.01. The van der Waals surface area contributed by atoms with Crippen LogP contribution in [0.25, 0.3) is 10.9 Å². The third kappa shape index (κ3) is 3.52. The lowest BCUT2D eigenvalue weighted by atomic mass is 10.2. The highest BCUT2D eigenvalue weighted by Gasteiger charge is 2.16. The van der Waals surface area contributed by atoms with Crippen LogP contribution in [0, 0.1) is 6.92 Å². The van der Waals surface area contributed by atoms with Crippen LogP contribution < -0.4 is 16.3 Å². The van der Waals surface area contributed by atoms with E-state index in [1.54, 1.807) is 6.07 Å². The first kappa shape index (κ1) is 16.7. The molecule has 6 heteroatoms. The SMILES string of the molecule is Cc1cccc(NC(=O)Nc2c3ccccc3nc(=O)n2C(C)C)c1. The van der Waals surface area contributed by atoms with Crippen molar-refractivity contribution in [3.8, 4) is 0 Å². The monoisotopic (exact) mass is 336 g/mol. The van der Waals surface area contributed by atoms with Crippen LogP contribution >= 0.6 is 0 Å². The lowest BCUT2D eigenvalue weighted by Gasteiger charge is -2.18. The molecule has 2 amide bonds. The molecule has 128 valence electrons. The Kier molecular flexibility index (Phi) is 4.52. The molecule has 0 aliphatic carbocycles. The van der Waals surface area contributed by atoms with E-state index < -0.39 is 6.03 Å². The van der Waals surface area contributed by atoms with Crippen LogP contribution in [0.2, 0.25) is 0 Å². The number of aryl methyl sites for hydroxylation is 1. The molecule has 0 saturated carbocycles. The van der Waals surface area contributed by atoms with Gasteiger partial charge < -0.3 is 5.32 Å². The first-order chi connectivity index (χ1) is 12.0. The van der Waals surface area contributed by atoms with Gasteiger partial charge in [-0.05, 0) is 50.6 Å². The molecule has 6 nitrogen and oxygen atoms in total. The summed E-state index contributed by atoms with van der Waals surface area (Å²) in [7, 11) is 0. The summed E-state index contributed by atoms with van der Waals surface area (Å²) in [6, 6.07) is 14.2. The zero-order valence-corrected chi connectivity index (χ0v) is 14.4. The molecular weight excluding hydrogens is 316 g/mol. The average molecular weight is 336 g/mol. The molecule has 3 aromatic rings. The average Bonchev–Trinajstić information content (AvgIpc) is 2.54. The molecule has 2 N–H and O–H groups in total. The smallest absolute Gasteiger partial charge is 0.308 e. The molecule has 3 rings (SSSR count). The molecule has 1 heterocycles. The van der Waals surface area contributed by atoms with Gasteiger partial charge in [-0.3, -0.25) is 9.88 Å². The quantitative estimate of drug-likeness (QED) is 0.761. The lowest BCUT2D eigenvalue weighted by molar-refractivity contribution is 0.262. The van der Waals surface area contributed by atoms with Crippen molar-refractivity contribution in [1.29, 1.82) is 0 Å². The van der Waals surface area contributed by atoms with Gasteiger partial charge in [0, 0.05) is 17.1 Å². The minimum absolute atomic E-state index is 0.140. The number of para-hydroxylation sites is 1. The number of hydrogen-bond donors (Lipinski definition) is 2. The van der Waals surface area contributed by atoms with Gasteiger partial charge in [0.2, 0.25) is 0 Å². The van der Waals surface area contributed by atoms with Crippen LogP contribution in [0.1, 0.15) is 25.5 Å². The predicted molar refractivity (Wildman–Crippen MR) is 100 cm³/mol. The van der Waals surface area contributed by atoms with Crippen molar-refractivity contribution in [2.24, 2.45) is 0 Å². The summed E-state index contributed by atoms with van der Waals surface area (Å²) in [5.74, 6) is 0.441. The number of nitrogens with one attached hydrogen (secondary N) is 2. The van der Waals surface area contributed by atoms with Gasteiger partial charge >= 0.3 is 11.7 Å². The van der Waals surface area contributed by atoms with Crippen LogP contribution in [-0.4, -0.2) is 15.6 Å². The summed E-state index contributed by atoms with van der Waals surface area (Å²) >= 11 is 0. The Morgan fingerprint density at radius 2 is 1.84 bits per heavy atom. The van der Waals surface area contributed by atoms with Gasteiger partial charge in [-0.1, -0.05) is 24.3 Å². The summed E-state index contributed by atoms with van der Waals surface area (Å²) in [5.41, 5.74) is 1.90. The van der Waals surface area contributed by atoms with E-state index in [0.29, 0.717) is 17.0 Å². The van der Waals surface area contributed by atoms with E-state index in [-0.39, 0.29) is 11.7 Å². The van der Waals surface area contributed by atoms with E-state index in [0.717, 1.165) is 10.9 Å². The number of rotatable bonds is 3. The van der Waals surface area contributed by atoms with Crippen molar-refractivity contribution in [1.82, 2.24) is 9.55 Å². The molecule has 0 unspecified atom stereocenters. The maximum Gasteiger partial charge on any atom is 0.349 e. The summed E-state index contributed by atoms with van der Waals surface area (Å²) in [6.07, 6.45) is 0. The van der Waals surface area contributed by atoms with Crippen molar-refractivity contribution in [3.63, 3.8) is 0 Å². The fraction of sp³-hybridized carbons (Fsp3) is 0.211. The van der Waals surface area contributed by atoms with Crippen molar-refractivity contribution < 1.29 is 4.79 Å². The number of nitrogens with zero attached hydrogens (tertiary/aromatic N) is 2. The maximum absolute atomic E-state index is 12.5. The topological polar surface area (TPSA) is 76.0 Å². The molecule has 25 heavy (non-hydrogen) atoms. The minimum Gasteiger partial charge on any atom is -0.308 e. The summed E-state index contributed by atoms with van der Waals surface area (Å²) < 4.78 is 1.48. The molecule has 0 aliphatic heterocycles. The fourth-order valence-electron chi connectivity index (χ4n) is 2.75. The Morgan fingerprint density at radius 3 is 2.56 bits per heavy atom. The summed E-state index contributed by atoms with van der Waals surface area (Å²) in [5, 5.41) is 6.33. The number of carbonyl (C=O) groups excluding carboxylic acids is 1. The van der Waals surface area contributed by atoms with Crippen molar-refractivity contribution in [3.05, 3.63) is 64.6 Å². The number of carbonyl (C=O) groups is 1. The number of aromatic nitrogens is 2. The highest BCUT2D eigenvalue weighted by atomic mass is 16.2. The van der Waals surface area contributed by atoms with Gasteiger partial charge in [0.1, 0.15) is 5.82 Å². The Bertz CT molecular complexity index is 992. The second-order valence-electron chi connectivity index (χ2n) is 6.17. The van der Waals surface area contributed by atoms with Gasteiger partial charge in [-0.15, -0.1) is 0 Å². The second-order valence-corrected chi connectivity index (χ2v) is 6.17. The molecule has 0 fully saturated rings. The molecule has 0 spiro atoms. The van der Waals surface area contributed by atoms with E-state index in [9.17, 15) is 9.59 Å². The number of hydrogen-bond acceptors (Lipinski definition) is 3. The molecule has 2 aromatic carbocycles. The molecule has 0 atom stereocenters. The third-order valence-electron chi connectivity index (χ3n) is 3.85. The maximum atomic E-state index is 12.5. The normalized spacial score (nSPS) is 10.9. The number of fused-ring (bicyclic) bond motifs is 1. The van der Waals surface area contributed by atoms with Crippen LogP contribution in [-0.2, 0) is 0 Å². The molecular formula is C19H20N4O2. The second kappa shape index (κ2) is 6.76. The van der Waals surface area contributed by atoms with E-state index >= 15 is 0 Å². The van der Waals surface area contributed by atoms with Crippen LogP contribution in [0.4, 0.5) is 16.3 Å². The fourth-order valence-corrected chi connectivity index (χ4v) is 2.75. The van der Waals surface area contributed by atoms with E-state index in [2.05, 4.69) is 15.6 Å². The van der Waals surface area contributed by atoms with Gasteiger partial charge in [0.15, 0.2) is 0 Å². The molecule has 1 aromatic heterocycles. The van der Waals surface area contributed by atoms with Crippen molar-refractivity contribution in [2.45, 2.75) is 26.8 Å².